The molecule has 2 saturated heterocycles. The van der Waals surface area contributed by atoms with Crippen LogP contribution in [0.4, 0.5) is 11.9 Å². The van der Waals surface area contributed by atoms with Crippen molar-refractivity contribution in [2.75, 3.05) is 24.7 Å². The molecular weight excluding hydrogens is 635 g/mol. The van der Waals surface area contributed by atoms with Gasteiger partial charge < -0.3 is 56.2 Å². The molecule has 43 heavy (non-hydrogen) atoms. The van der Waals surface area contributed by atoms with Gasteiger partial charge in [-0.15, -0.1) is 0 Å². The minimum Gasteiger partial charge on any atom is -0.394 e. The monoisotopic (exact) mass is 660 g/mol. The van der Waals surface area contributed by atoms with Gasteiger partial charge in [0.15, 0.2) is 33.6 Å². The molecule has 6 rings (SSSR count). The molecule has 20 nitrogen and oxygen atoms in total. The van der Waals surface area contributed by atoms with E-state index < -0.39 is 70.1 Å². The lowest BCUT2D eigenvalue weighted by Gasteiger charge is -2.23. The maximum atomic E-state index is 12.9. The van der Waals surface area contributed by atoms with Crippen molar-refractivity contribution in [2.45, 2.75) is 49.1 Å². The van der Waals surface area contributed by atoms with Gasteiger partial charge in [-0.25, -0.2) is 24.5 Å². The third kappa shape index (κ3) is 5.34. The number of phosphoric ester groups is 1. The Labute approximate surface area is 249 Å². The van der Waals surface area contributed by atoms with Gasteiger partial charge in [0.05, 0.1) is 25.9 Å². The summed E-state index contributed by atoms with van der Waals surface area (Å²) >= 11 is 10.3. The molecule has 0 radical (unpaired) electrons. The van der Waals surface area contributed by atoms with E-state index >= 15 is 0 Å². The largest absolute Gasteiger partial charge is 0.472 e. The number of hydrogen-bond donors (Lipinski definition) is 9. The summed E-state index contributed by atoms with van der Waals surface area (Å²) < 4.78 is 37.4. The Morgan fingerprint density at radius 3 is 1.95 bits per heavy atom. The molecule has 4 aromatic rings. The van der Waals surface area contributed by atoms with Crippen LogP contribution in [0.25, 0.3) is 22.3 Å². The van der Waals surface area contributed by atoms with Crippen molar-refractivity contribution in [1.29, 1.82) is 0 Å². The number of aliphatic hydroxyl groups is 4. The molecule has 5 unspecified atom stereocenters. The summed E-state index contributed by atoms with van der Waals surface area (Å²) in [5.74, 6) is -0.0431. The molecule has 232 valence electrons. The minimum atomic E-state index is -4.99. The molecule has 0 spiro atoms. The van der Waals surface area contributed by atoms with Gasteiger partial charge in [0.25, 0.3) is 0 Å². The number of aromatic nitrogens is 8. The Morgan fingerprint density at radius 1 is 0.907 bits per heavy atom. The molecular formula is C20H25N10O10PS2. The number of aliphatic hydroxyl groups excluding tert-OH is 4. The summed E-state index contributed by atoms with van der Waals surface area (Å²) in [6.07, 6.45) is -8.75. The Bertz CT molecular complexity index is 1850. The third-order valence-electron chi connectivity index (χ3n) is 6.96. The van der Waals surface area contributed by atoms with E-state index in [0.717, 1.165) is 0 Å². The number of imidazole rings is 2. The Hall–Kier alpha value is -2.99. The van der Waals surface area contributed by atoms with Crippen molar-refractivity contribution in [3.63, 3.8) is 0 Å². The lowest BCUT2D eigenvalue weighted by Crippen LogP contribution is -2.36. The smallest absolute Gasteiger partial charge is 0.394 e. The Kier molecular flexibility index (Phi) is 7.81. The first-order valence-electron chi connectivity index (χ1n) is 12.4. The van der Waals surface area contributed by atoms with Crippen molar-refractivity contribution < 1.29 is 48.4 Å². The highest BCUT2D eigenvalue weighted by Gasteiger charge is 2.50. The molecule has 0 aliphatic carbocycles. The van der Waals surface area contributed by atoms with Crippen LogP contribution in [-0.2, 0) is 23.1 Å². The SMILES string of the molecule is Nc1nc(=S)c2ncn([C@@H]3O[C@H](COP(=O)(O)OC4C(O)[C@H](n5cnc6c(=S)nc(N)[nH]c65)O[C@@H]4CO)C(O)C3O)c2[nH]1. The summed E-state index contributed by atoms with van der Waals surface area (Å²) in [6.45, 7) is -1.43. The van der Waals surface area contributed by atoms with Crippen LogP contribution in [0.3, 0.4) is 0 Å². The van der Waals surface area contributed by atoms with E-state index in [1.807, 2.05) is 0 Å². The lowest BCUT2D eigenvalue weighted by atomic mass is 10.1. The van der Waals surface area contributed by atoms with Crippen LogP contribution in [0.2, 0.25) is 0 Å². The number of nitrogens with one attached hydrogen (secondary N) is 2. The highest BCUT2D eigenvalue weighted by Crippen LogP contribution is 2.49. The highest BCUT2D eigenvalue weighted by atomic mass is 32.1. The fourth-order valence-corrected chi connectivity index (χ4v) is 6.43. The second-order valence-electron chi connectivity index (χ2n) is 9.67. The fraction of sp³-hybridized carbons (Fsp3) is 0.500. The zero-order valence-electron chi connectivity index (χ0n) is 21.6. The van der Waals surface area contributed by atoms with Gasteiger partial charge in [-0.2, -0.15) is 0 Å². The molecule has 6 heterocycles. The zero-order valence-corrected chi connectivity index (χ0v) is 24.1. The summed E-state index contributed by atoms with van der Waals surface area (Å²) in [5, 5.41) is 42.1. The van der Waals surface area contributed by atoms with E-state index in [1.165, 1.54) is 21.8 Å². The number of nitrogens with two attached hydrogens (primary N) is 2. The van der Waals surface area contributed by atoms with Gasteiger partial charge in [-0.05, 0) is 0 Å². The van der Waals surface area contributed by atoms with E-state index in [4.69, 9.17) is 54.4 Å². The first-order valence-corrected chi connectivity index (χ1v) is 14.8. The molecule has 11 N–H and O–H groups in total. The van der Waals surface area contributed by atoms with Crippen molar-refractivity contribution in [2.24, 2.45) is 0 Å². The number of fused-ring (bicyclic) bond motifs is 2. The molecule has 0 aromatic carbocycles. The quantitative estimate of drug-likeness (QED) is 0.0769. The molecule has 0 amide bonds. The van der Waals surface area contributed by atoms with Crippen molar-refractivity contribution in [3.05, 3.63) is 21.9 Å². The van der Waals surface area contributed by atoms with E-state index in [2.05, 4.69) is 29.9 Å². The average molecular weight is 661 g/mol. The molecule has 9 atom stereocenters. The maximum Gasteiger partial charge on any atom is 0.472 e. The van der Waals surface area contributed by atoms with Crippen LogP contribution in [-0.4, -0.2) is 114 Å². The second kappa shape index (κ2) is 11.2. The topological polar surface area (TPSA) is 300 Å². The predicted molar refractivity (Wildman–Crippen MR) is 148 cm³/mol. The zero-order chi connectivity index (χ0) is 30.8. The number of nitrogens with zero attached hydrogens (tertiary/aromatic N) is 6. The molecule has 0 saturated carbocycles. The van der Waals surface area contributed by atoms with Crippen molar-refractivity contribution >= 4 is 66.5 Å². The normalized spacial score (nSPS) is 30.8. The van der Waals surface area contributed by atoms with Crippen molar-refractivity contribution in [3.8, 4) is 0 Å². The second-order valence-corrected chi connectivity index (χ2v) is 11.9. The van der Waals surface area contributed by atoms with Crippen LogP contribution in [0, 0.1) is 9.28 Å². The van der Waals surface area contributed by atoms with Gasteiger partial charge in [0, 0.05) is 0 Å². The molecule has 23 heteroatoms. The molecule has 2 aliphatic rings. The number of rotatable bonds is 8. The van der Waals surface area contributed by atoms with Gasteiger partial charge in [-0.3, -0.25) is 18.2 Å². The van der Waals surface area contributed by atoms with Crippen molar-refractivity contribution in [1.82, 2.24) is 39.0 Å². The van der Waals surface area contributed by atoms with Crippen LogP contribution < -0.4 is 11.5 Å². The number of ether oxygens (including phenoxy) is 2. The Balaban J connectivity index is 1.15. The lowest BCUT2D eigenvalue weighted by molar-refractivity contribution is -0.0585. The standard InChI is InChI=1S/C20H25N10O10PS2/c21-19-25-13-7(15(42)27-19)23-3-29(13)17-10(33)9(32)6(39-17)2-37-41(35,36)40-12-5(1-31)38-18(11(12)34)30-4-24-8-14(30)26-20(22)28-16(8)43/h3-6,9-12,17-18,31-34H,1-2H2,(H,35,36)(H3,21,25,27,42)(H3,22,26,28,43)/t5-,6-,9?,10?,11?,12?,17-,18-/m1/s1. The number of phosphoric acid groups is 1. The molecule has 4 aromatic heterocycles. The minimum absolute atomic E-state index is 0.0161. The van der Waals surface area contributed by atoms with Crippen LogP contribution >= 0.6 is 32.3 Å². The van der Waals surface area contributed by atoms with E-state index in [-0.39, 0.29) is 43.5 Å². The summed E-state index contributed by atoms with van der Waals surface area (Å²) in [4.78, 5) is 32.1. The maximum absolute atomic E-state index is 12.9. The third-order valence-corrected chi connectivity index (χ3v) is 8.52. The summed E-state index contributed by atoms with van der Waals surface area (Å²) in [5.41, 5.74) is 12.5. The Morgan fingerprint density at radius 2 is 1.42 bits per heavy atom. The van der Waals surface area contributed by atoms with E-state index in [0.29, 0.717) is 0 Å². The van der Waals surface area contributed by atoms with Crippen LogP contribution in [0.1, 0.15) is 12.5 Å². The first kappa shape index (κ1) is 30.1. The van der Waals surface area contributed by atoms with Gasteiger partial charge in [-0.1, -0.05) is 24.4 Å². The summed E-state index contributed by atoms with van der Waals surface area (Å²) in [7, 11) is -4.99. The number of anilines is 2. The number of H-pyrrole nitrogens is 2. The van der Waals surface area contributed by atoms with Crippen LogP contribution in [0.15, 0.2) is 12.7 Å². The highest BCUT2D eigenvalue weighted by molar-refractivity contribution is 7.71. The first-order chi connectivity index (χ1) is 20.4. The van der Waals surface area contributed by atoms with Gasteiger partial charge in [0.1, 0.15) is 59.0 Å². The van der Waals surface area contributed by atoms with Crippen LogP contribution in [0.5, 0.6) is 0 Å². The summed E-state index contributed by atoms with van der Waals surface area (Å²) in [6, 6.07) is 0. The predicted octanol–water partition coefficient (Wildman–Crippen LogP) is -1.47. The molecule has 2 fully saturated rings. The number of hydrogen-bond acceptors (Lipinski definition) is 17. The van der Waals surface area contributed by atoms with E-state index in [1.54, 1.807) is 0 Å². The number of aromatic amines is 2. The van der Waals surface area contributed by atoms with E-state index in [9.17, 15) is 29.9 Å². The fourth-order valence-electron chi connectivity index (χ4n) is 4.97. The number of nitrogen functional groups attached to an aromatic ring is 2. The van der Waals surface area contributed by atoms with Gasteiger partial charge in [0.2, 0.25) is 0 Å². The van der Waals surface area contributed by atoms with Gasteiger partial charge >= 0.3 is 7.82 Å². The molecule has 0 bridgehead atoms. The average Bonchev–Trinajstić information content (AvgIpc) is 3.69. The molecule has 2 aliphatic heterocycles.